The number of likely N-dealkylation sites (tertiary alicyclic amines) is 1. The maximum atomic E-state index is 12.9. The Kier molecular flexibility index (Phi) is 5.82. The smallest absolute Gasteiger partial charge is 0.259 e. The minimum absolute atomic E-state index is 0.0656. The molecule has 7 nitrogen and oxygen atoms in total. The highest BCUT2D eigenvalue weighted by Gasteiger charge is 2.39. The number of nitrogens with one attached hydrogen (secondary N) is 1. The first kappa shape index (κ1) is 18.7. The zero-order chi connectivity index (χ0) is 17.9. The van der Waals surface area contributed by atoms with Crippen LogP contribution in [0.25, 0.3) is 0 Å². The second-order valence-corrected chi connectivity index (χ2v) is 8.18. The minimum atomic E-state index is -3.33. The molecule has 24 heavy (non-hydrogen) atoms. The van der Waals surface area contributed by atoms with Gasteiger partial charge in [0.15, 0.2) is 0 Å². The lowest BCUT2D eigenvalue weighted by Crippen LogP contribution is -2.41. The summed E-state index contributed by atoms with van der Waals surface area (Å²) in [6, 6.07) is 3.09. The number of amides is 1. The van der Waals surface area contributed by atoms with Crippen LogP contribution in [0.5, 0.6) is 5.88 Å². The third kappa shape index (κ3) is 4.45. The van der Waals surface area contributed by atoms with Crippen molar-refractivity contribution in [2.45, 2.75) is 26.8 Å². The van der Waals surface area contributed by atoms with Crippen LogP contribution >= 0.6 is 0 Å². The molecule has 2 atom stereocenters. The van der Waals surface area contributed by atoms with Gasteiger partial charge in [0, 0.05) is 25.3 Å². The van der Waals surface area contributed by atoms with Crippen molar-refractivity contribution in [3.63, 3.8) is 0 Å². The summed E-state index contributed by atoms with van der Waals surface area (Å²) in [5, 5.41) is 0. The Morgan fingerprint density at radius 3 is 2.75 bits per heavy atom. The predicted molar refractivity (Wildman–Crippen MR) is 91.4 cm³/mol. The van der Waals surface area contributed by atoms with Crippen molar-refractivity contribution in [1.29, 1.82) is 0 Å². The number of nitrogens with zero attached hydrogens (tertiary/aromatic N) is 2. The number of carbonyl (C=O) groups is 1. The minimum Gasteiger partial charge on any atom is -0.477 e. The number of rotatable bonds is 6. The van der Waals surface area contributed by atoms with Crippen molar-refractivity contribution in [3.8, 4) is 5.88 Å². The molecule has 0 spiro atoms. The fraction of sp³-hybridized carbons (Fsp3) is 0.625. The number of pyridine rings is 1. The number of aromatic nitrogens is 1. The van der Waals surface area contributed by atoms with E-state index in [0.29, 0.717) is 31.1 Å². The molecule has 1 aliphatic rings. The van der Waals surface area contributed by atoms with Gasteiger partial charge >= 0.3 is 0 Å². The van der Waals surface area contributed by atoms with Crippen molar-refractivity contribution in [2.24, 2.45) is 11.8 Å². The summed E-state index contributed by atoms with van der Waals surface area (Å²) in [5.74, 6) is 0.443. The highest BCUT2D eigenvalue weighted by molar-refractivity contribution is 7.88. The van der Waals surface area contributed by atoms with E-state index in [0.717, 1.165) is 6.26 Å². The van der Waals surface area contributed by atoms with E-state index in [1.165, 1.54) is 0 Å². The van der Waals surface area contributed by atoms with Crippen LogP contribution in [-0.4, -0.2) is 56.2 Å². The number of carbonyl (C=O) groups excluding carboxylic acids is 1. The van der Waals surface area contributed by atoms with Crippen LogP contribution in [0.15, 0.2) is 18.3 Å². The van der Waals surface area contributed by atoms with Crippen LogP contribution in [0.2, 0.25) is 0 Å². The molecule has 2 heterocycles. The molecule has 1 amide bonds. The maximum absolute atomic E-state index is 12.9. The van der Waals surface area contributed by atoms with Crippen LogP contribution < -0.4 is 9.46 Å². The van der Waals surface area contributed by atoms with E-state index in [-0.39, 0.29) is 23.8 Å². The van der Waals surface area contributed by atoms with E-state index in [2.05, 4.69) is 9.71 Å². The number of hydrogen-bond donors (Lipinski definition) is 1. The van der Waals surface area contributed by atoms with E-state index in [4.69, 9.17) is 4.74 Å². The van der Waals surface area contributed by atoms with Gasteiger partial charge in [-0.2, -0.15) is 0 Å². The summed E-state index contributed by atoms with van der Waals surface area (Å²) >= 11 is 0. The lowest BCUT2D eigenvalue weighted by Gasteiger charge is -2.21. The van der Waals surface area contributed by atoms with Crippen molar-refractivity contribution in [1.82, 2.24) is 14.6 Å². The van der Waals surface area contributed by atoms with Gasteiger partial charge < -0.3 is 9.64 Å². The zero-order valence-electron chi connectivity index (χ0n) is 14.5. The Labute approximate surface area is 143 Å². The Morgan fingerprint density at radius 2 is 2.17 bits per heavy atom. The van der Waals surface area contributed by atoms with Gasteiger partial charge in [-0.05, 0) is 30.9 Å². The zero-order valence-corrected chi connectivity index (χ0v) is 15.3. The first-order valence-electron chi connectivity index (χ1n) is 8.07. The lowest BCUT2D eigenvalue weighted by atomic mass is 9.92. The maximum Gasteiger partial charge on any atom is 0.259 e. The number of sulfonamides is 1. The standard InChI is InChI=1S/C16H25N3O4S/c1-5-23-15-12(7-6-8-17-15)16(20)19-9-13(11(2)3)14(10-19)18-24(4,21)22/h6-8,11,13-14,18H,5,9-10H2,1-4H3/t13-,14+/m0/s1. The molecule has 1 fully saturated rings. The fourth-order valence-electron chi connectivity index (χ4n) is 3.05. The summed E-state index contributed by atoms with van der Waals surface area (Å²) < 4.78 is 31.3. The van der Waals surface area contributed by atoms with Gasteiger partial charge in [0.1, 0.15) is 5.56 Å². The largest absolute Gasteiger partial charge is 0.477 e. The summed E-state index contributed by atoms with van der Waals surface area (Å²) in [4.78, 5) is 18.6. The van der Waals surface area contributed by atoms with Crippen molar-refractivity contribution in [3.05, 3.63) is 23.9 Å². The molecule has 1 aromatic rings. The third-order valence-corrected chi connectivity index (χ3v) is 4.89. The molecule has 0 bridgehead atoms. The third-order valence-electron chi connectivity index (χ3n) is 4.16. The van der Waals surface area contributed by atoms with E-state index < -0.39 is 10.0 Å². The van der Waals surface area contributed by atoms with Crippen molar-refractivity contribution < 1.29 is 17.9 Å². The molecule has 134 valence electrons. The van der Waals surface area contributed by atoms with Gasteiger partial charge in [0.25, 0.3) is 5.91 Å². The second kappa shape index (κ2) is 7.48. The summed E-state index contributed by atoms with van der Waals surface area (Å²) in [6.45, 7) is 7.17. The van der Waals surface area contributed by atoms with Crippen molar-refractivity contribution in [2.75, 3.05) is 26.0 Å². The molecule has 0 unspecified atom stereocenters. The quantitative estimate of drug-likeness (QED) is 0.826. The molecule has 8 heteroatoms. The Morgan fingerprint density at radius 1 is 1.46 bits per heavy atom. The second-order valence-electron chi connectivity index (χ2n) is 6.40. The Hall–Kier alpha value is -1.67. The van der Waals surface area contributed by atoms with Gasteiger partial charge in [-0.25, -0.2) is 18.1 Å². The van der Waals surface area contributed by atoms with Crippen LogP contribution in [0.4, 0.5) is 0 Å². The summed E-state index contributed by atoms with van der Waals surface area (Å²) in [6.07, 6.45) is 2.72. The number of hydrogen-bond acceptors (Lipinski definition) is 5. The molecule has 1 N–H and O–H groups in total. The lowest BCUT2D eigenvalue weighted by molar-refractivity contribution is 0.0778. The van der Waals surface area contributed by atoms with Crippen LogP contribution in [-0.2, 0) is 10.0 Å². The molecule has 0 aromatic carbocycles. The summed E-state index contributed by atoms with van der Waals surface area (Å²) in [7, 11) is -3.33. The van der Waals surface area contributed by atoms with E-state index in [1.54, 1.807) is 23.2 Å². The first-order valence-corrected chi connectivity index (χ1v) is 9.96. The summed E-state index contributed by atoms with van der Waals surface area (Å²) in [5.41, 5.74) is 0.405. The number of ether oxygens (including phenoxy) is 1. The molecular formula is C16H25N3O4S. The SMILES string of the molecule is CCOc1ncccc1C(=O)N1C[C@@H](NS(C)(=O)=O)[C@H](C(C)C)C1. The van der Waals surface area contributed by atoms with Gasteiger partial charge in [-0.3, -0.25) is 4.79 Å². The fourth-order valence-corrected chi connectivity index (χ4v) is 3.84. The Bertz CT molecular complexity index is 690. The van der Waals surface area contributed by atoms with Gasteiger partial charge in [0.2, 0.25) is 15.9 Å². The van der Waals surface area contributed by atoms with Crippen LogP contribution in [0, 0.1) is 11.8 Å². The molecule has 0 aliphatic carbocycles. The van der Waals surface area contributed by atoms with E-state index >= 15 is 0 Å². The van der Waals surface area contributed by atoms with E-state index in [1.807, 2.05) is 20.8 Å². The first-order chi connectivity index (χ1) is 11.2. The molecular weight excluding hydrogens is 330 g/mol. The van der Waals surface area contributed by atoms with Crippen molar-refractivity contribution >= 4 is 15.9 Å². The topological polar surface area (TPSA) is 88.6 Å². The predicted octanol–water partition coefficient (Wildman–Crippen LogP) is 1.13. The van der Waals surface area contributed by atoms with Crippen LogP contribution in [0.1, 0.15) is 31.1 Å². The average molecular weight is 355 g/mol. The molecule has 1 aliphatic heterocycles. The monoisotopic (exact) mass is 355 g/mol. The average Bonchev–Trinajstić information content (AvgIpc) is 2.89. The van der Waals surface area contributed by atoms with Gasteiger partial charge in [-0.1, -0.05) is 13.8 Å². The molecule has 0 saturated carbocycles. The normalized spacial score (nSPS) is 21.3. The molecule has 1 aromatic heterocycles. The molecule has 0 radical (unpaired) electrons. The molecule has 1 saturated heterocycles. The van der Waals surface area contributed by atoms with Gasteiger partial charge in [0.05, 0.1) is 12.9 Å². The van der Waals surface area contributed by atoms with E-state index in [9.17, 15) is 13.2 Å². The van der Waals surface area contributed by atoms with Gasteiger partial charge in [-0.15, -0.1) is 0 Å². The highest BCUT2D eigenvalue weighted by Crippen LogP contribution is 2.27. The van der Waals surface area contributed by atoms with Crippen LogP contribution in [0.3, 0.4) is 0 Å². The highest BCUT2D eigenvalue weighted by atomic mass is 32.2. The Balaban J connectivity index is 2.22. The molecule has 2 rings (SSSR count).